The molecule has 0 aliphatic heterocycles. The Balaban J connectivity index is 2.85. The van der Waals surface area contributed by atoms with Crippen molar-refractivity contribution in [1.29, 1.82) is 0 Å². The monoisotopic (exact) mass is 218 g/mol. The first-order valence-electron chi connectivity index (χ1n) is 5.45. The number of hydrogen-bond acceptors (Lipinski definition) is 3. The summed E-state index contributed by atoms with van der Waals surface area (Å²) in [5.41, 5.74) is 3.12. The summed E-state index contributed by atoms with van der Waals surface area (Å²) in [6.07, 6.45) is 1.81. The number of aromatic nitrogens is 3. The number of nitrogens with zero attached hydrogens (tertiary/aromatic N) is 3. The van der Waals surface area contributed by atoms with Crippen LogP contribution in [0.25, 0.3) is 11.0 Å². The van der Waals surface area contributed by atoms with E-state index in [0.717, 1.165) is 22.4 Å². The van der Waals surface area contributed by atoms with Crippen molar-refractivity contribution in [3.63, 3.8) is 0 Å². The lowest BCUT2D eigenvalue weighted by Gasteiger charge is -2.16. The van der Waals surface area contributed by atoms with Crippen LogP contribution in [0.15, 0.2) is 12.3 Å². The van der Waals surface area contributed by atoms with Gasteiger partial charge in [-0.3, -0.25) is 4.68 Å². The maximum atomic E-state index is 4.58. The van der Waals surface area contributed by atoms with Crippen LogP contribution in [0.1, 0.15) is 26.5 Å². The maximum absolute atomic E-state index is 4.58. The quantitative estimate of drug-likeness (QED) is 0.798. The van der Waals surface area contributed by atoms with Crippen molar-refractivity contribution in [3.8, 4) is 0 Å². The highest BCUT2D eigenvalue weighted by Crippen LogP contribution is 2.32. The Kier molecular flexibility index (Phi) is 2.37. The molecule has 2 aromatic heterocycles. The summed E-state index contributed by atoms with van der Waals surface area (Å²) in [7, 11) is 3.86. The number of aryl methyl sites for hydroxylation is 1. The number of anilines is 1. The smallest absolute Gasteiger partial charge is 0.159 e. The molecular weight excluding hydrogens is 200 g/mol. The van der Waals surface area contributed by atoms with Crippen LogP contribution in [0.5, 0.6) is 0 Å². The predicted octanol–water partition coefficient (Wildman–Crippen LogP) is 2.31. The number of pyridine rings is 1. The molecular formula is C12H18N4. The molecule has 0 saturated heterocycles. The Morgan fingerprint density at radius 1 is 1.31 bits per heavy atom. The van der Waals surface area contributed by atoms with Gasteiger partial charge in [0, 0.05) is 31.4 Å². The number of nitrogens with one attached hydrogen (secondary N) is 1. The standard InChI is InChI=1S/C12H18N4/c1-12(2,3)10-9-8(13-4)6-7-14-11(9)16(5)15-10/h6-7H,1-5H3,(H,13,14). The van der Waals surface area contributed by atoms with E-state index in [1.807, 2.05) is 31.0 Å². The molecule has 2 rings (SSSR count). The topological polar surface area (TPSA) is 42.7 Å². The van der Waals surface area contributed by atoms with E-state index in [1.54, 1.807) is 0 Å². The van der Waals surface area contributed by atoms with Gasteiger partial charge in [0.1, 0.15) is 0 Å². The van der Waals surface area contributed by atoms with Crippen molar-refractivity contribution >= 4 is 16.7 Å². The van der Waals surface area contributed by atoms with E-state index < -0.39 is 0 Å². The summed E-state index contributed by atoms with van der Waals surface area (Å²) in [6, 6.07) is 1.99. The fourth-order valence-electron chi connectivity index (χ4n) is 1.91. The van der Waals surface area contributed by atoms with Crippen LogP contribution >= 0.6 is 0 Å². The Labute approximate surface area is 95.7 Å². The van der Waals surface area contributed by atoms with Crippen LogP contribution in [-0.2, 0) is 12.5 Å². The summed E-state index contributed by atoms with van der Waals surface area (Å²) in [6.45, 7) is 6.50. The molecule has 0 bridgehead atoms. The largest absolute Gasteiger partial charge is 0.387 e. The van der Waals surface area contributed by atoms with Crippen LogP contribution in [0.2, 0.25) is 0 Å². The molecule has 0 aliphatic carbocycles. The zero-order valence-corrected chi connectivity index (χ0v) is 10.5. The lowest BCUT2D eigenvalue weighted by atomic mass is 9.90. The van der Waals surface area contributed by atoms with Gasteiger partial charge in [0.15, 0.2) is 5.65 Å². The van der Waals surface area contributed by atoms with E-state index in [2.05, 4.69) is 36.2 Å². The molecule has 0 radical (unpaired) electrons. The molecule has 1 N–H and O–H groups in total. The van der Waals surface area contributed by atoms with E-state index in [4.69, 9.17) is 0 Å². The lowest BCUT2D eigenvalue weighted by molar-refractivity contribution is 0.558. The third kappa shape index (κ3) is 1.54. The molecule has 4 nitrogen and oxygen atoms in total. The van der Waals surface area contributed by atoms with Crippen LogP contribution in [-0.4, -0.2) is 21.8 Å². The van der Waals surface area contributed by atoms with E-state index in [0.29, 0.717) is 0 Å². The van der Waals surface area contributed by atoms with E-state index in [1.165, 1.54) is 0 Å². The molecule has 0 saturated carbocycles. The van der Waals surface area contributed by atoms with Crippen LogP contribution in [0.3, 0.4) is 0 Å². The molecule has 86 valence electrons. The zero-order valence-electron chi connectivity index (χ0n) is 10.5. The van der Waals surface area contributed by atoms with Crippen molar-refractivity contribution < 1.29 is 0 Å². The lowest BCUT2D eigenvalue weighted by Crippen LogP contribution is -2.13. The second-order valence-corrected chi connectivity index (χ2v) is 5.03. The fourth-order valence-corrected chi connectivity index (χ4v) is 1.91. The number of hydrogen-bond donors (Lipinski definition) is 1. The number of rotatable bonds is 1. The molecule has 0 aromatic carbocycles. The molecule has 0 atom stereocenters. The summed E-state index contributed by atoms with van der Waals surface area (Å²) in [5, 5.41) is 8.91. The molecule has 2 aromatic rings. The second-order valence-electron chi connectivity index (χ2n) is 5.03. The van der Waals surface area contributed by atoms with Crippen molar-refractivity contribution in [1.82, 2.24) is 14.8 Å². The average molecular weight is 218 g/mol. The highest BCUT2D eigenvalue weighted by molar-refractivity contribution is 5.92. The second kappa shape index (κ2) is 3.47. The Hall–Kier alpha value is -1.58. The fraction of sp³-hybridized carbons (Fsp3) is 0.500. The van der Waals surface area contributed by atoms with E-state index in [9.17, 15) is 0 Å². The summed E-state index contributed by atoms with van der Waals surface area (Å²) >= 11 is 0. The SMILES string of the molecule is CNc1ccnc2c1c(C(C)(C)C)nn2C. The summed E-state index contributed by atoms with van der Waals surface area (Å²) in [4.78, 5) is 4.38. The Morgan fingerprint density at radius 2 is 2.00 bits per heavy atom. The van der Waals surface area contributed by atoms with Gasteiger partial charge in [-0.2, -0.15) is 5.10 Å². The minimum Gasteiger partial charge on any atom is -0.387 e. The Morgan fingerprint density at radius 3 is 2.56 bits per heavy atom. The van der Waals surface area contributed by atoms with Gasteiger partial charge in [0.05, 0.1) is 11.1 Å². The van der Waals surface area contributed by atoms with Gasteiger partial charge in [-0.1, -0.05) is 20.8 Å². The van der Waals surface area contributed by atoms with Crippen LogP contribution < -0.4 is 5.32 Å². The van der Waals surface area contributed by atoms with Gasteiger partial charge in [-0.15, -0.1) is 0 Å². The molecule has 0 fully saturated rings. The minimum atomic E-state index is 0.0220. The molecule has 2 heterocycles. The molecule has 0 unspecified atom stereocenters. The normalized spacial score (nSPS) is 12.1. The van der Waals surface area contributed by atoms with Crippen LogP contribution in [0, 0.1) is 0 Å². The third-order valence-corrected chi connectivity index (χ3v) is 2.70. The van der Waals surface area contributed by atoms with Gasteiger partial charge in [-0.05, 0) is 6.07 Å². The van der Waals surface area contributed by atoms with E-state index in [-0.39, 0.29) is 5.41 Å². The minimum absolute atomic E-state index is 0.0220. The first-order valence-corrected chi connectivity index (χ1v) is 5.45. The van der Waals surface area contributed by atoms with Gasteiger partial charge >= 0.3 is 0 Å². The van der Waals surface area contributed by atoms with Gasteiger partial charge in [-0.25, -0.2) is 4.98 Å². The molecule has 0 amide bonds. The third-order valence-electron chi connectivity index (χ3n) is 2.70. The van der Waals surface area contributed by atoms with Gasteiger partial charge in [0.25, 0.3) is 0 Å². The summed E-state index contributed by atoms with van der Waals surface area (Å²) < 4.78 is 1.84. The van der Waals surface area contributed by atoms with Crippen molar-refractivity contribution in [2.45, 2.75) is 26.2 Å². The van der Waals surface area contributed by atoms with Crippen molar-refractivity contribution in [2.75, 3.05) is 12.4 Å². The van der Waals surface area contributed by atoms with Crippen molar-refractivity contribution in [2.24, 2.45) is 7.05 Å². The maximum Gasteiger partial charge on any atom is 0.159 e. The predicted molar refractivity (Wildman–Crippen MR) is 66.8 cm³/mol. The molecule has 16 heavy (non-hydrogen) atoms. The molecule has 4 heteroatoms. The zero-order chi connectivity index (χ0) is 11.9. The van der Waals surface area contributed by atoms with E-state index >= 15 is 0 Å². The van der Waals surface area contributed by atoms with Crippen molar-refractivity contribution in [3.05, 3.63) is 18.0 Å². The highest BCUT2D eigenvalue weighted by Gasteiger charge is 2.23. The first-order chi connectivity index (χ1) is 7.45. The highest BCUT2D eigenvalue weighted by atomic mass is 15.3. The summed E-state index contributed by atoms with van der Waals surface area (Å²) in [5.74, 6) is 0. The molecule has 0 spiro atoms. The first kappa shape index (κ1) is 10.9. The van der Waals surface area contributed by atoms with Gasteiger partial charge in [0.2, 0.25) is 0 Å². The van der Waals surface area contributed by atoms with Gasteiger partial charge < -0.3 is 5.32 Å². The number of fused-ring (bicyclic) bond motifs is 1. The Bertz CT molecular complexity index is 520. The molecule has 0 aliphatic rings. The van der Waals surface area contributed by atoms with Crippen LogP contribution in [0.4, 0.5) is 5.69 Å². The average Bonchev–Trinajstić information content (AvgIpc) is 2.56.